The Bertz CT molecular complexity index is 559. The van der Waals surface area contributed by atoms with Crippen molar-refractivity contribution < 1.29 is 4.79 Å². The van der Waals surface area contributed by atoms with Crippen molar-refractivity contribution >= 4 is 23.3 Å². The Morgan fingerprint density at radius 2 is 2.10 bits per heavy atom. The van der Waals surface area contributed by atoms with Gasteiger partial charge < -0.3 is 15.1 Å². The molecule has 6 heteroatoms. The molecule has 1 N–H and O–H groups in total. The second kappa shape index (κ2) is 6.68. The second-order valence-corrected chi connectivity index (χ2v) is 5.80. The van der Waals surface area contributed by atoms with Crippen molar-refractivity contribution in [1.82, 2.24) is 9.80 Å². The van der Waals surface area contributed by atoms with E-state index in [1.54, 1.807) is 31.1 Å². The van der Waals surface area contributed by atoms with Gasteiger partial charge in [-0.05, 0) is 31.0 Å². The van der Waals surface area contributed by atoms with Gasteiger partial charge in [0.2, 0.25) is 0 Å². The molecule has 0 radical (unpaired) electrons. The van der Waals surface area contributed by atoms with Crippen LogP contribution in [0.2, 0.25) is 5.02 Å². The van der Waals surface area contributed by atoms with E-state index < -0.39 is 0 Å². The minimum atomic E-state index is 0.0618. The highest BCUT2D eigenvalue weighted by atomic mass is 35.5. The van der Waals surface area contributed by atoms with E-state index in [0.717, 1.165) is 31.6 Å². The summed E-state index contributed by atoms with van der Waals surface area (Å²) in [6.07, 6.45) is 1.79. The number of hydrogen-bond acceptors (Lipinski definition) is 3. The molecule has 0 saturated carbocycles. The zero-order valence-electron chi connectivity index (χ0n) is 12.3. The zero-order chi connectivity index (χ0) is 15.4. The lowest BCUT2D eigenvalue weighted by Crippen LogP contribution is -2.46. The van der Waals surface area contributed by atoms with E-state index in [1.165, 1.54) is 0 Å². The number of hydrogen-bond donors (Lipinski definition) is 1. The number of benzene rings is 1. The van der Waals surface area contributed by atoms with Crippen molar-refractivity contribution in [2.75, 3.05) is 32.5 Å². The van der Waals surface area contributed by atoms with Gasteiger partial charge in [0, 0.05) is 38.9 Å². The highest BCUT2D eigenvalue weighted by molar-refractivity contribution is 6.31. The van der Waals surface area contributed by atoms with Gasteiger partial charge in [-0.3, -0.25) is 0 Å². The molecule has 0 bridgehead atoms. The fourth-order valence-electron chi connectivity index (χ4n) is 2.43. The topological polar surface area (TPSA) is 59.4 Å². The Morgan fingerprint density at radius 1 is 1.43 bits per heavy atom. The molecule has 0 aromatic heterocycles. The van der Waals surface area contributed by atoms with Crippen molar-refractivity contribution in [3.05, 3.63) is 28.8 Å². The molecule has 0 unspecified atom stereocenters. The summed E-state index contributed by atoms with van der Waals surface area (Å²) in [4.78, 5) is 15.3. The summed E-state index contributed by atoms with van der Waals surface area (Å²) >= 11 is 5.92. The van der Waals surface area contributed by atoms with Gasteiger partial charge in [0.15, 0.2) is 0 Å². The minimum Gasteiger partial charge on any atom is -0.382 e. The summed E-state index contributed by atoms with van der Waals surface area (Å²) < 4.78 is 0. The lowest BCUT2D eigenvalue weighted by molar-refractivity contribution is 0.158. The number of likely N-dealkylation sites (tertiary alicyclic amines) is 1. The van der Waals surface area contributed by atoms with Crippen molar-refractivity contribution in [2.45, 2.75) is 18.9 Å². The molecule has 0 atom stereocenters. The Kier molecular flexibility index (Phi) is 4.92. The average molecular weight is 307 g/mol. The van der Waals surface area contributed by atoms with Crippen molar-refractivity contribution in [3.63, 3.8) is 0 Å². The van der Waals surface area contributed by atoms with E-state index in [4.69, 9.17) is 16.9 Å². The number of nitrogens with one attached hydrogen (secondary N) is 1. The molecule has 5 nitrogen and oxygen atoms in total. The smallest absolute Gasteiger partial charge is 0.319 e. The lowest BCUT2D eigenvalue weighted by Gasteiger charge is -2.34. The highest BCUT2D eigenvalue weighted by Gasteiger charge is 2.23. The zero-order valence-corrected chi connectivity index (χ0v) is 13.0. The van der Waals surface area contributed by atoms with Crippen LogP contribution in [0, 0.1) is 11.3 Å². The molecule has 2 amide bonds. The molecule has 0 aliphatic carbocycles. The predicted octanol–water partition coefficient (Wildman–Crippen LogP) is 2.77. The number of rotatable bonds is 2. The number of urea groups is 1. The number of halogens is 1. The van der Waals surface area contributed by atoms with E-state index in [0.29, 0.717) is 16.6 Å². The molecule has 1 aromatic carbocycles. The molecule has 1 saturated heterocycles. The average Bonchev–Trinajstić information content (AvgIpc) is 2.49. The van der Waals surface area contributed by atoms with Gasteiger partial charge in [-0.25, -0.2) is 4.79 Å². The maximum atomic E-state index is 11.9. The Hall–Kier alpha value is -1.93. The van der Waals surface area contributed by atoms with Gasteiger partial charge in [0.05, 0.1) is 10.6 Å². The monoisotopic (exact) mass is 306 g/mol. The summed E-state index contributed by atoms with van der Waals surface area (Å²) in [5, 5.41) is 12.9. The van der Waals surface area contributed by atoms with Crippen LogP contribution < -0.4 is 5.32 Å². The van der Waals surface area contributed by atoms with Gasteiger partial charge in [0.25, 0.3) is 0 Å². The lowest BCUT2D eigenvalue weighted by atomic mass is 10.0. The molecule has 2 rings (SSSR count). The second-order valence-electron chi connectivity index (χ2n) is 5.39. The number of piperidine rings is 1. The fraction of sp³-hybridized carbons (Fsp3) is 0.467. The molecule has 1 aliphatic rings. The number of nitriles is 1. The van der Waals surface area contributed by atoms with Crippen molar-refractivity contribution in [2.24, 2.45) is 0 Å². The Morgan fingerprint density at radius 3 is 2.67 bits per heavy atom. The van der Waals surface area contributed by atoms with Crippen LogP contribution in [0.1, 0.15) is 18.4 Å². The van der Waals surface area contributed by atoms with E-state index in [2.05, 4.69) is 11.4 Å². The van der Waals surface area contributed by atoms with Gasteiger partial charge in [-0.2, -0.15) is 5.26 Å². The maximum Gasteiger partial charge on any atom is 0.319 e. The van der Waals surface area contributed by atoms with Gasteiger partial charge in [-0.15, -0.1) is 0 Å². The quantitative estimate of drug-likeness (QED) is 0.914. The van der Waals surface area contributed by atoms with Crippen LogP contribution in [0.15, 0.2) is 18.2 Å². The first kappa shape index (κ1) is 15.5. The molecule has 1 fully saturated rings. The SMILES string of the molecule is CN(C)C(=O)N1CCC(Nc2ccc(Cl)c(C#N)c2)CC1. The third-order valence-corrected chi connectivity index (χ3v) is 3.94. The Labute approximate surface area is 130 Å². The first-order valence-corrected chi connectivity index (χ1v) is 7.31. The van der Waals surface area contributed by atoms with Crippen LogP contribution >= 0.6 is 11.6 Å². The number of carbonyl (C=O) groups excluding carboxylic acids is 1. The first-order valence-electron chi connectivity index (χ1n) is 6.93. The van der Waals surface area contributed by atoms with Gasteiger partial charge in [0.1, 0.15) is 6.07 Å². The third kappa shape index (κ3) is 3.79. The normalized spacial score (nSPS) is 15.4. The molecule has 1 heterocycles. The fourth-order valence-corrected chi connectivity index (χ4v) is 2.59. The molecule has 0 spiro atoms. The number of anilines is 1. The molecule has 1 aromatic rings. The van der Waals surface area contributed by atoms with Crippen LogP contribution in [0.3, 0.4) is 0 Å². The van der Waals surface area contributed by atoms with Crippen molar-refractivity contribution in [3.8, 4) is 6.07 Å². The third-order valence-electron chi connectivity index (χ3n) is 3.61. The summed E-state index contributed by atoms with van der Waals surface area (Å²) in [7, 11) is 3.54. The van der Waals surface area contributed by atoms with Crippen molar-refractivity contribution in [1.29, 1.82) is 5.26 Å². The van der Waals surface area contributed by atoms with E-state index in [1.807, 2.05) is 11.0 Å². The number of nitrogens with zero attached hydrogens (tertiary/aromatic N) is 3. The van der Waals surface area contributed by atoms with Crippen LogP contribution in [-0.2, 0) is 0 Å². The molecule has 112 valence electrons. The molecule has 1 aliphatic heterocycles. The highest BCUT2D eigenvalue weighted by Crippen LogP contribution is 2.22. The number of amides is 2. The van der Waals surface area contributed by atoms with Crippen LogP contribution in [0.25, 0.3) is 0 Å². The number of carbonyl (C=O) groups is 1. The predicted molar refractivity (Wildman–Crippen MR) is 83.5 cm³/mol. The van der Waals surface area contributed by atoms with E-state index in [9.17, 15) is 4.79 Å². The molecular formula is C15H19ClN4O. The maximum absolute atomic E-state index is 11.9. The first-order chi connectivity index (χ1) is 10.0. The minimum absolute atomic E-state index is 0.0618. The summed E-state index contributed by atoms with van der Waals surface area (Å²) in [5.41, 5.74) is 1.37. The van der Waals surface area contributed by atoms with Crippen LogP contribution in [0.4, 0.5) is 10.5 Å². The van der Waals surface area contributed by atoms with Crippen LogP contribution in [-0.4, -0.2) is 49.1 Å². The van der Waals surface area contributed by atoms with E-state index >= 15 is 0 Å². The molecular weight excluding hydrogens is 288 g/mol. The summed E-state index contributed by atoms with van der Waals surface area (Å²) in [5.74, 6) is 0. The van der Waals surface area contributed by atoms with Gasteiger partial charge in [-0.1, -0.05) is 11.6 Å². The standard InChI is InChI=1S/C15H19ClN4O/c1-19(2)15(21)20-7-5-12(6-8-20)18-13-3-4-14(16)11(9-13)10-17/h3-4,9,12,18H,5-8H2,1-2H3. The van der Waals surface area contributed by atoms with E-state index in [-0.39, 0.29) is 6.03 Å². The molecule has 21 heavy (non-hydrogen) atoms. The van der Waals surface area contributed by atoms with Gasteiger partial charge >= 0.3 is 6.03 Å². The largest absolute Gasteiger partial charge is 0.382 e. The van der Waals surface area contributed by atoms with Crippen LogP contribution in [0.5, 0.6) is 0 Å². The summed E-state index contributed by atoms with van der Waals surface area (Å²) in [6, 6.07) is 7.82. The Balaban J connectivity index is 1.92. The summed E-state index contributed by atoms with van der Waals surface area (Å²) in [6.45, 7) is 1.49.